The molecule has 31 heavy (non-hydrogen) atoms. The first kappa shape index (κ1) is 23.9. The lowest BCUT2D eigenvalue weighted by Crippen LogP contribution is -2.42. The summed E-state index contributed by atoms with van der Waals surface area (Å²) in [5, 5.41) is 0. The normalized spacial score (nSPS) is 21.3. The van der Waals surface area contributed by atoms with Crippen LogP contribution in [-0.4, -0.2) is 54.6 Å². The van der Waals surface area contributed by atoms with Gasteiger partial charge in [-0.05, 0) is 84.8 Å². The number of ether oxygens (including phenoxy) is 2. The molecule has 0 aromatic heterocycles. The van der Waals surface area contributed by atoms with Crippen molar-refractivity contribution in [1.82, 2.24) is 4.90 Å². The van der Waals surface area contributed by atoms with Crippen molar-refractivity contribution in [3.05, 3.63) is 24.0 Å². The highest BCUT2D eigenvalue weighted by atomic mass is 19.1. The van der Waals surface area contributed by atoms with Crippen LogP contribution in [0.15, 0.2) is 18.2 Å². The Morgan fingerprint density at radius 2 is 1.74 bits per heavy atom. The summed E-state index contributed by atoms with van der Waals surface area (Å²) in [6.45, 7) is 15.1. The van der Waals surface area contributed by atoms with E-state index in [9.17, 15) is 9.18 Å². The molecule has 2 fully saturated rings. The van der Waals surface area contributed by atoms with Crippen molar-refractivity contribution >= 4 is 18.7 Å². The SMILES string of the molecule is CC(C)(C)OC(=O)N1CCC(COc2ccc(B3OC(C)(C)C(C)(C)O3)cc2F)CC1. The summed E-state index contributed by atoms with van der Waals surface area (Å²) >= 11 is 0. The first-order valence-electron chi connectivity index (χ1n) is 11.0. The van der Waals surface area contributed by atoms with E-state index in [-0.39, 0.29) is 17.8 Å². The Bertz CT molecular complexity index is 784. The molecule has 0 spiro atoms. The van der Waals surface area contributed by atoms with Crippen molar-refractivity contribution in [2.24, 2.45) is 5.92 Å². The Morgan fingerprint density at radius 1 is 1.16 bits per heavy atom. The molecule has 1 amide bonds. The van der Waals surface area contributed by atoms with Gasteiger partial charge in [-0.25, -0.2) is 9.18 Å². The quantitative estimate of drug-likeness (QED) is 0.666. The molecule has 0 radical (unpaired) electrons. The average molecular weight is 435 g/mol. The van der Waals surface area contributed by atoms with Crippen molar-refractivity contribution in [3.8, 4) is 5.75 Å². The lowest BCUT2D eigenvalue weighted by Gasteiger charge is -2.33. The Labute approximate surface area is 185 Å². The summed E-state index contributed by atoms with van der Waals surface area (Å²) in [6.07, 6.45) is 1.32. The van der Waals surface area contributed by atoms with Gasteiger partial charge in [0.25, 0.3) is 0 Å². The summed E-state index contributed by atoms with van der Waals surface area (Å²) < 4.78 is 37.8. The predicted octanol–water partition coefficient (Wildman–Crippen LogP) is 4.15. The van der Waals surface area contributed by atoms with Gasteiger partial charge < -0.3 is 23.7 Å². The van der Waals surface area contributed by atoms with Gasteiger partial charge in [0, 0.05) is 13.1 Å². The average Bonchev–Trinajstić information content (AvgIpc) is 2.87. The van der Waals surface area contributed by atoms with Crippen LogP contribution in [0, 0.1) is 11.7 Å². The summed E-state index contributed by atoms with van der Waals surface area (Å²) in [5.41, 5.74) is -0.815. The van der Waals surface area contributed by atoms with Gasteiger partial charge >= 0.3 is 13.2 Å². The van der Waals surface area contributed by atoms with Crippen molar-refractivity contribution in [2.75, 3.05) is 19.7 Å². The number of likely N-dealkylation sites (tertiary alicyclic amines) is 1. The predicted molar refractivity (Wildman–Crippen MR) is 118 cm³/mol. The molecule has 1 aromatic rings. The Balaban J connectivity index is 1.51. The molecule has 0 unspecified atom stereocenters. The number of hydrogen-bond donors (Lipinski definition) is 0. The minimum atomic E-state index is -0.606. The van der Waals surface area contributed by atoms with Crippen molar-refractivity contribution in [1.29, 1.82) is 0 Å². The van der Waals surface area contributed by atoms with Gasteiger partial charge in [0.05, 0.1) is 17.8 Å². The van der Waals surface area contributed by atoms with Gasteiger partial charge in [-0.1, -0.05) is 6.07 Å². The zero-order chi connectivity index (χ0) is 23.0. The molecular weight excluding hydrogens is 400 g/mol. The smallest absolute Gasteiger partial charge is 0.490 e. The molecule has 2 heterocycles. The Kier molecular flexibility index (Phi) is 6.64. The molecule has 0 N–H and O–H groups in total. The van der Waals surface area contributed by atoms with E-state index in [1.807, 2.05) is 48.5 Å². The molecule has 0 aliphatic carbocycles. The fourth-order valence-electron chi connectivity index (χ4n) is 3.58. The van der Waals surface area contributed by atoms with Crippen LogP contribution in [0.2, 0.25) is 0 Å². The maximum Gasteiger partial charge on any atom is 0.494 e. The van der Waals surface area contributed by atoms with E-state index < -0.39 is 29.7 Å². The van der Waals surface area contributed by atoms with Crippen LogP contribution in [0.25, 0.3) is 0 Å². The van der Waals surface area contributed by atoms with Gasteiger partial charge in [0.1, 0.15) is 5.60 Å². The fraction of sp³-hybridized carbons (Fsp3) is 0.696. The monoisotopic (exact) mass is 435 g/mol. The van der Waals surface area contributed by atoms with Crippen LogP contribution in [0.3, 0.4) is 0 Å². The first-order chi connectivity index (χ1) is 14.3. The van der Waals surface area contributed by atoms with E-state index in [1.165, 1.54) is 6.07 Å². The fourth-order valence-corrected chi connectivity index (χ4v) is 3.58. The van der Waals surface area contributed by atoms with Crippen LogP contribution >= 0.6 is 0 Å². The van der Waals surface area contributed by atoms with Gasteiger partial charge in [-0.3, -0.25) is 0 Å². The highest BCUT2D eigenvalue weighted by Crippen LogP contribution is 2.36. The minimum absolute atomic E-state index is 0.217. The number of amides is 1. The van der Waals surface area contributed by atoms with Gasteiger partial charge in [0.15, 0.2) is 11.6 Å². The molecule has 2 aliphatic rings. The Morgan fingerprint density at radius 3 is 2.26 bits per heavy atom. The van der Waals surface area contributed by atoms with Crippen molar-refractivity contribution in [2.45, 2.75) is 78.1 Å². The molecule has 3 rings (SSSR count). The number of nitrogens with zero attached hydrogens (tertiary/aromatic N) is 1. The zero-order valence-corrected chi connectivity index (χ0v) is 19.8. The lowest BCUT2D eigenvalue weighted by molar-refractivity contribution is 0.00578. The summed E-state index contributed by atoms with van der Waals surface area (Å²) in [4.78, 5) is 13.9. The van der Waals surface area contributed by atoms with Crippen molar-refractivity contribution < 1.29 is 28.0 Å². The van der Waals surface area contributed by atoms with Crippen LogP contribution in [0.5, 0.6) is 5.75 Å². The maximum absolute atomic E-state index is 14.7. The second-order valence-corrected chi connectivity index (χ2v) is 10.5. The lowest BCUT2D eigenvalue weighted by atomic mass is 9.79. The minimum Gasteiger partial charge on any atom is -0.490 e. The topological polar surface area (TPSA) is 57.2 Å². The second-order valence-electron chi connectivity index (χ2n) is 10.5. The molecule has 172 valence electrons. The van der Waals surface area contributed by atoms with Crippen LogP contribution in [-0.2, 0) is 14.0 Å². The van der Waals surface area contributed by atoms with Crippen LogP contribution < -0.4 is 10.2 Å². The number of hydrogen-bond acceptors (Lipinski definition) is 5. The third kappa shape index (κ3) is 5.72. The largest absolute Gasteiger partial charge is 0.494 e. The molecule has 2 aliphatic heterocycles. The second kappa shape index (κ2) is 8.62. The molecule has 2 saturated heterocycles. The van der Waals surface area contributed by atoms with E-state index in [0.717, 1.165) is 12.8 Å². The molecular formula is C23H35BFNO5. The summed E-state index contributed by atoms with van der Waals surface area (Å²) in [5.74, 6) is 0.0501. The van der Waals surface area contributed by atoms with E-state index >= 15 is 0 Å². The molecule has 8 heteroatoms. The molecule has 1 aromatic carbocycles. The summed E-state index contributed by atoms with van der Waals surface area (Å²) in [6, 6.07) is 4.83. The number of benzene rings is 1. The maximum atomic E-state index is 14.7. The number of rotatable bonds is 4. The van der Waals surface area contributed by atoms with Gasteiger partial charge in [-0.15, -0.1) is 0 Å². The summed E-state index contributed by atoms with van der Waals surface area (Å²) in [7, 11) is -0.606. The van der Waals surface area contributed by atoms with E-state index in [1.54, 1.807) is 17.0 Å². The molecule has 0 saturated carbocycles. The molecule has 6 nitrogen and oxygen atoms in total. The van der Waals surface area contributed by atoms with Gasteiger partial charge in [-0.2, -0.15) is 0 Å². The van der Waals surface area contributed by atoms with Crippen LogP contribution in [0.4, 0.5) is 9.18 Å². The van der Waals surface area contributed by atoms with Gasteiger partial charge in [0.2, 0.25) is 0 Å². The third-order valence-corrected chi connectivity index (χ3v) is 6.22. The first-order valence-corrected chi connectivity index (χ1v) is 11.0. The number of carbonyl (C=O) groups excluding carboxylic acids is 1. The number of carbonyl (C=O) groups is 1. The number of halogens is 1. The van der Waals surface area contributed by atoms with Crippen LogP contribution in [0.1, 0.15) is 61.3 Å². The standard InChI is InChI=1S/C23H35BFNO5/c1-21(2,3)29-20(27)26-12-10-16(11-13-26)15-28-19-9-8-17(14-18(19)25)24-30-22(4,5)23(6,7)31-24/h8-9,14,16H,10-13,15H2,1-7H3. The molecule has 0 bridgehead atoms. The van der Waals surface area contributed by atoms with E-state index in [4.69, 9.17) is 18.8 Å². The van der Waals surface area contributed by atoms with E-state index in [0.29, 0.717) is 25.2 Å². The Hall–Kier alpha value is -1.80. The van der Waals surface area contributed by atoms with Crippen molar-refractivity contribution in [3.63, 3.8) is 0 Å². The highest BCUT2D eigenvalue weighted by Gasteiger charge is 2.51. The van der Waals surface area contributed by atoms with E-state index in [2.05, 4.69) is 0 Å². The number of piperidine rings is 1. The third-order valence-electron chi connectivity index (χ3n) is 6.22. The highest BCUT2D eigenvalue weighted by molar-refractivity contribution is 6.62. The zero-order valence-electron chi connectivity index (χ0n) is 19.8. The molecule has 0 atom stereocenters.